The van der Waals surface area contributed by atoms with Gasteiger partial charge in [0, 0.05) is 36.2 Å². The summed E-state index contributed by atoms with van der Waals surface area (Å²) in [4.78, 5) is 25.7. The van der Waals surface area contributed by atoms with E-state index in [0.717, 1.165) is 11.1 Å². The van der Waals surface area contributed by atoms with Crippen molar-refractivity contribution in [2.45, 2.75) is 32.5 Å². The molecule has 1 N–H and O–H groups in total. The number of benzene rings is 3. The fraction of sp³-hybridized carbons (Fsp3) is 0.333. The second-order valence-electron chi connectivity index (χ2n) is 8.97. The Hall–Kier alpha value is -3.37. The first kappa shape index (κ1) is 32.1. The fourth-order valence-corrected chi connectivity index (χ4v) is 4.40. The van der Waals surface area contributed by atoms with Gasteiger partial charge in [-0.25, -0.2) is 14.0 Å². The van der Waals surface area contributed by atoms with E-state index in [2.05, 4.69) is 0 Å². The van der Waals surface area contributed by atoms with Crippen LogP contribution in [0.25, 0.3) is 0 Å². The number of carbonyl (C=O) groups is 2. The van der Waals surface area contributed by atoms with Gasteiger partial charge in [-0.3, -0.25) is 0 Å². The molecule has 3 rings (SSSR count). The number of hydrogen-bond acceptors (Lipinski definition) is 6. The molecule has 1 unspecified atom stereocenters. The SMILES string of the molecule is CCOC(Cc1ccc(OCCN(CCCOCc2cc(Cl)cc(Cl)c2)C(=O)Oc2ccc(F)cc2)cc1)C(=O)O. The molecule has 3 aromatic rings. The van der Waals surface area contributed by atoms with E-state index in [1.807, 2.05) is 0 Å². The summed E-state index contributed by atoms with van der Waals surface area (Å²) in [5, 5.41) is 10.3. The normalized spacial score (nSPS) is 11.6. The highest BCUT2D eigenvalue weighted by Gasteiger charge is 2.18. The molecule has 41 heavy (non-hydrogen) atoms. The van der Waals surface area contributed by atoms with Crippen LogP contribution < -0.4 is 9.47 Å². The summed E-state index contributed by atoms with van der Waals surface area (Å²) in [6, 6.07) is 17.4. The van der Waals surface area contributed by atoms with Crippen LogP contribution in [0.1, 0.15) is 24.5 Å². The highest BCUT2D eigenvalue weighted by atomic mass is 35.5. The zero-order valence-electron chi connectivity index (χ0n) is 22.6. The number of aliphatic carboxylic acids is 1. The highest BCUT2D eigenvalue weighted by Crippen LogP contribution is 2.20. The quantitative estimate of drug-likeness (QED) is 0.182. The Morgan fingerprint density at radius 1 is 0.902 bits per heavy atom. The van der Waals surface area contributed by atoms with Crippen molar-refractivity contribution >= 4 is 35.3 Å². The summed E-state index contributed by atoms with van der Waals surface area (Å²) in [7, 11) is 0. The van der Waals surface area contributed by atoms with Crippen LogP contribution in [0.15, 0.2) is 66.7 Å². The summed E-state index contributed by atoms with van der Waals surface area (Å²) in [5.41, 5.74) is 1.63. The van der Waals surface area contributed by atoms with E-state index < -0.39 is 24.0 Å². The molecule has 0 aliphatic heterocycles. The van der Waals surface area contributed by atoms with Crippen LogP contribution in [0, 0.1) is 5.82 Å². The third-order valence-electron chi connectivity index (χ3n) is 5.80. The summed E-state index contributed by atoms with van der Waals surface area (Å²) in [6.45, 7) is 3.46. The fourth-order valence-electron chi connectivity index (χ4n) is 3.83. The number of hydrogen-bond donors (Lipinski definition) is 1. The Morgan fingerprint density at radius 3 is 2.20 bits per heavy atom. The number of amides is 1. The van der Waals surface area contributed by atoms with Gasteiger partial charge in [-0.2, -0.15) is 0 Å². The molecule has 0 saturated heterocycles. The first-order chi connectivity index (χ1) is 19.7. The second kappa shape index (κ2) is 16.8. The Bertz CT molecular complexity index is 1240. The number of carboxylic acid groups (broad SMARTS) is 1. The average molecular weight is 608 g/mol. The van der Waals surface area contributed by atoms with Gasteiger partial charge in [0.1, 0.15) is 23.9 Å². The average Bonchev–Trinajstić information content (AvgIpc) is 2.93. The zero-order chi connectivity index (χ0) is 29.6. The van der Waals surface area contributed by atoms with Gasteiger partial charge in [-0.1, -0.05) is 35.3 Å². The van der Waals surface area contributed by atoms with Crippen molar-refractivity contribution in [1.29, 1.82) is 0 Å². The second-order valence-corrected chi connectivity index (χ2v) is 9.84. The smallest absolute Gasteiger partial charge is 0.415 e. The molecule has 8 nitrogen and oxygen atoms in total. The van der Waals surface area contributed by atoms with Gasteiger partial charge in [-0.05, 0) is 79.1 Å². The first-order valence-electron chi connectivity index (χ1n) is 13.0. The van der Waals surface area contributed by atoms with Gasteiger partial charge in [0.15, 0.2) is 6.10 Å². The number of nitrogens with zero attached hydrogens (tertiary/aromatic N) is 1. The van der Waals surface area contributed by atoms with Crippen molar-refractivity contribution in [3.05, 3.63) is 93.7 Å². The molecule has 0 heterocycles. The van der Waals surface area contributed by atoms with Crippen LogP contribution in [-0.4, -0.2) is 61.1 Å². The van der Waals surface area contributed by atoms with E-state index in [0.29, 0.717) is 48.6 Å². The molecule has 0 spiro atoms. The number of carbonyl (C=O) groups excluding carboxylic acids is 1. The molecule has 0 fully saturated rings. The maximum Gasteiger partial charge on any atom is 0.415 e. The molecule has 0 saturated carbocycles. The summed E-state index contributed by atoms with van der Waals surface area (Å²) in [5.74, 6) is -0.666. The maximum absolute atomic E-state index is 13.2. The van der Waals surface area contributed by atoms with Gasteiger partial charge >= 0.3 is 12.1 Å². The number of rotatable bonds is 16. The highest BCUT2D eigenvalue weighted by molar-refractivity contribution is 6.34. The van der Waals surface area contributed by atoms with Crippen molar-refractivity contribution in [3.63, 3.8) is 0 Å². The summed E-state index contributed by atoms with van der Waals surface area (Å²) < 4.78 is 35.5. The lowest BCUT2D eigenvalue weighted by molar-refractivity contribution is -0.149. The molecule has 3 aromatic carbocycles. The Balaban J connectivity index is 1.52. The van der Waals surface area contributed by atoms with Crippen molar-refractivity contribution < 1.29 is 38.0 Å². The predicted octanol–water partition coefficient (Wildman–Crippen LogP) is 6.65. The molecule has 1 amide bonds. The van der Waals surface area contributed by atoms with Gasteiger partial charge in [-0.15, -0.1) is 0 Å². The van der Waals surface area contributed by atoms with Crippen LogP contribution in [-0.2, 0) is 27.3 Å². The molecule has 11 heteroatoms. The Morgan fingerprint density at radius 2 is 1.56 bits per heavy atom. The minimum absolute atomic E-state index is 0.177. The van der Waals surface area contributed by atoms with Gasteiger partial charge < -0.3 is 29.0 Å². The van der Waals surface area contributed by atoms with E-state index in [4.69, 9.17) is 42.1 Å². The first-order valence-corrected chi connectivity index (χ1v) is 13.8. The van der Waals surface area contributed by atoms with Gasteiger partial charge in [0.05, 0.1) is 13.2 Å². The maximum atomic E-state index is 13.2. The van der Waals surface area contributed by atoms with E-state index in [9.17, 15) is 19.1 Å². The van der Waals surface area contributed by atoms with E-state index in [1.165, 1.54) is 29.2 Å². The largest absolute Gasteiger partial charge is 0.492 e. The predicted molar refractivity (Wildman–Crippen MR) is 153 cm³/mol. The number of carboxylic acids is 1. The monoisotopic (exact) mass is 607 g/mol. The van der Waals surface area contributed by atoms with Crippen molar-refractivity contribution in [2.24, 2.45) is 0 Å². The number of halogens is 3. The molecular formula is C30H32Cl2FNO7. The Labute approximate surface area is 248 Å². The van der Waals surface area contributed by atoms with Crippen molar-refractivity contribution in [2.75, 3.05) is 32.9 Å². The lowest BCUT2D eigenvalue weighted by Crippen LogP contribution is -2.38. The van der Waals surface area contributed by atoms with Gasteiger partial charge in [0.25, 0.3) is 0 Å². The minimum Gasteiger partial charge on any atom is -0.492 e. The van der Waals surface area contributed by atoms with E-state index in [-0.39, 0.29) is 25.3 Å². The molecule has 0 aliphatic rings. The van der Waals surface area contributed by atoms with E-state index in [1.54, 1.807) is 49.4 Å². The summed E-state index contributed by atoms with van der Waals surface area (Å²) >= 11 is 12.1. The number of ether oxygens (including phenoxy) is 4. The zero-order valence-corrected chi connectivity index (χ0v) is 24.1. The van der Waals surface area contributed by atoms with Crippen molar-refractivity contribution in [3.8, 4) is 11.5 Å². The minimum atomic E-state index is -1.01. The van der Waals surface area contributed by atoms with Crippen molar-refractivity contribution in [1.82, 2.24) is 4.90 Å². The van der Waals surface area contributed by atoms with Crippen LogP contribution in [0.5, 0.6) is 11.5 Å². The third kappa shape index (κ3) is 11.6. The van der Waals surface area contributed by atoms with Gasteiger partial charge in [0.2, 0.25) is 0 Å². The lowest BCUT2D eigenvalue weighted by atomic mass is 10.1. The molecule has 0 aliphatic carbocycles. The third-order valence-corrected chi connectivity index (χ3v) is 6.24. The molecule has 0 radical (unpaired) electrons. The lowest BCUT2D eigenvalue weighted by Gasteiger charge is -2.22. The van der Waals surface area contributed by atoms with Crippen LogP contribution in [0.4, 0.5) is 9.18 Å². The molecular weight excluding hydrogens is 576 g/mol. The van der Waals surface area contributed by atoms with Crippen LogP contribution in [0.2, 0.25) is 10.0 Å². The van der Waals surface area contributed by atoms with Crippen LogP contribution in [0.3, 0.4) is 0 Å². The van der Waals surface area contributed by atoms with Crippen LogP contribution >= 0.6 is 23.2 Å². The molecule has 1 atom stereocenters. The summed E-state index contributed by atoms with van der Waals surface area (Å²) in [6.07, 6.45) is -0.766. The standard InChI is InChI=1S/C30H32Cl2FNO7/c1-2-39-28(29(35)36)18-21-4-8-26(9-5-21)40-15-13-34(30(37)41-27-10-6-25(33)7-11-27)12-3-14-38-20-22-16-23(31)19-24(32)17-22/h4-11,16-17,19,28H,2-3,12-15,18,20H2,1H3,(H,35,36). The molecule has 0 aromatic heterocycles. The molecule has 0 bridgehead atoms. The topological polar surface area (TPSA) is 94.5 Å². The molecule has 220 valence electrons. The van der Waals surface area contributed by atoms with E-state index >= 15 is 0 Å². The Kier molecular flexibility index (Phi) is 13.2.